The van der Waals surface area contributed by atoms with Gasteiger partial charge in [-0.15, -0.1) is 0 Å². The van der Waals surface area contributed by atoms with Crippen LogP contribution in [0, 0.1) is 17.8 Å². The van der Waals surface area contributed by atoms with Crippen molar-refractivity contribution in [2.45, 2.75) is 41.5 Å². The van der Waals surface area contributed by atoms with Crippen LogP contribution in [0.25, 0.3) is 0 Å². The molecule has 0 bridgehead atoms. The Hall–Kier alpha value is -1.38. The van der Waals surface area contributed by atoms with Crippen LogP contribution in [-0.4, -0.2) is 19.8 Å². The summed E-state index contributed by atoms with van der Waals surface area (Å²) in [6.07, 6.45) is 0. The number of ether oxygens (including phenoxy) is 3. The largest absolute Gasteiger partial charge is 0.493 e. The SMILES string of the molecule is CC(C)COc1ccc(OCC(C)C)c(OCC(C)C)c1. The van der Waals surface area contributed by atoms with Crippen LogP contribution in [0.1, 0.15) is 41.5 Å². The Morgan fingerprint density at radius 1 is 0.667 bits per heavy atom. The third kappa shape index (κ3) is 7.26. The van der Waals surface area contributed by atoms with Gasteiger partial charge in [-0.1, -0.05) is 41.5 Å². The molecule has 0 unspecified atom stereocenters. The molecule has 0 aliphatic rings. The zero-order chi connectivity index (χ0) is 15.8. The van der Waals surface area contributed by atoms with Crippen molar-refractivity contribution in [2.24, 2.45) is 17.8 Å². The molecule has 0 aliphatic heterocycles. The van der Waals surface area contributed by atoms with E-state index in [-0.39, 0.29) is 0 Å². The first-order valence-electron chi connectivity index (χ1n) is 7.91. The summed E-state index contributed by atoms with van der Waals surface area (Å²) in [5.41, 5.74) is 0. The summed E-state index contributed by atoms with van der Waals surface area (Å²) in [6, 6.07) is 5.81. The molecule has 0 heterocycles. The molecule has 120 valence electrons. The monoisotopic (exact) mass is 294 g/mol. The minimum atomic E-state index is 0.475. The zero-order valence-corrected chi connectivity index (χ0v) is 14.3. The Morgan fingerprint density at radius 2 is 1.14 bits per heavy atom. The van der Waals surface area contributed by atoms with E-state index in [9.17, 15) is 0 Å². The molecule has 0 N–H and O–H groups in total. The molecule has 0 radical (unpaired) electrons. The van der Waals surface area contributed by atoms with Crippen LogP contribution in [0.5, 0.6) is 17.2 Å². The van der Waals surface area contributed by atoms with E-state index in [0.29, 0.717) is 37.6 Å². The Labute approximate surface area is 129 Å². The van der Waals surface area contributed by atoms with Crippen molar-refractivity contribution >= 4 is 0 Å². The molecule has 0 aromatic heterocycles. The van der Waals surface area contributed by atoms with Gasteiger partial charge in [0.1, 0.15) is 5.75 Å². The molecule has 0 amide bonds. The van der Waals surface area contributed by atoms with E-state index in [1.807, 2.05) is 18.2 Å². The minimum absolute atomic E-state index is 0.475. The smallest absolute Gasteiger partial charge is 0.164 e. The van der Waals surface area contributed by atoms with E-state index >= 15 is 0 Å². The fraction of sp³-hybridized carbons (Fsp3) is 0.667. The van der Waals surface area contributed by atoms with Crippen LogP contribution in [0.3, 0.4) is 0 Å². The predicted molar refractivity (Wildman–Crippen MR) is 87.4 cm³/mol. The Bertz CT molecular complexity index is 411. The van der Waals surface area contributed by atoms with Gasteiger partial charge in [-0.3, -0.25) is 0 Å². The van der Waals surface area contributed by atoms with Crippen molar-refractivity contribution in [3.05, 3.63) is 18.2 Å². The highest BCUT2D eigenvalue weighted by atomic mass is 16.5. The van der Waals surface area contributed by atoms with Gasteiger partial charge in [-0.2, -0.15) is 0 Å². The molecule has 0 saturated heterocycles. The second kappa shape index (κ2) is 8.81. The van der Waals surface area contributed by atoms with E-state index in [1.54, 1.807) is 0 Å². The average molecular weight is 294 g/mol. The molecular formula is C18H30O3. The van der Waals surface area contributed by atoms with Crippen LogP contribution in [-0.2, 0) is 0 Å². The highest BCUT2D eigenvalue weighted by molar-refractivity contribution is 5.45. The molecule has 1 rings (SSSR count). The van der Waals surface area contributed by atoms with Crippen LogP contribution >= 0.6 is 0 Å². The fourth-order valence-electron chi connectivity index (χ4n) is 1.59. The van der Waals surface area contributed by atoms with Crippen LogP contribution < -0.4 is 14.2 Å². The summed E-state index contributed by atoms with van der Waals surface area (Å²) in [7, 11) is 0. The highest BCUT2D eigenvalue weighted by Gasteiger charge is 2.10. The molecule has 21 heavy (non-hydrogen) atoms. The summed E-state index contributed by atoms with van der Waals surface area (Å²) >= 11 is 0. The standard InChI is InChI=1S/C18H30O3/c1-13(2)10-19-16-7-8-17(20-11-14(3)4)18(9-16)21-12-15(5)6/h7-9,13-15H,10-12H2,1-6H3. The van der Waals surface area contributed by atoms with Crippen molar-refractivity contribution in [1.82, 2.24) is 0 Å². The second-order valence-electron chi connectivity index (χ2n) is 6.72. The van der Waals surface area contributed by atoms with Gasteiger partial charge in [0.2, 0.25) is 0 Å². The van der Waals surface area contributed by atoms with Gasteiger partial charge in [0, 0.05) is 6.07 Å². The number of hydrogen-bond donors (Lipinski definition) is 0. The summed E-state index contributed by atoms with van der Waals surface area (Å²) in [5.74, 6) is 3.86. The lowest BCUT2D eigenvalue weighted by Gasteiger charge is -2.17. The quantitative estimate of drug-likeness (QED) is 0.655. The number of hydrogen-bond acceptors (Lipinski definition) is 3. The summed E-state index contributed by atoms with van der Waals surface area (Å²) in [5, 5.41) is 0. The maximum Gasteiger partial charge on any atom is 0.164 e. The molecule has 0 saturated carbocycles. The molecule has 0 atom stereocenters. The van der Waals surface area contributed by atoms with E-state index in [4.69, 9.17) is 14.2 Å². The summed E-state index contributed by atoms with van der Waals surface area (Å²) in [6.45, 7) is 14.9. The highest BCUT2D eigenvalue weighted by Crippen LogP contribution is 2.32. The zero-order valence-electron chi connectivity index (χ0n) is 14.3. The Balaban J connectivity index is 2.79. The van der Waals surface area contributed by atoms with E-state index in [2.05, 4.69) is 41.5 Å². The molecule has 0 spiro atoms. The molecular weight excluding hydrogens is 264 g/mol. The van der Waals surface area contributed by atoms with Crippen LogP contribution in [0.2, 0.25) is 0 Å². The van der Waals surface area contributed by atoms with Gasteiger partial charge >= 0.3 is 0 Å². The van der Waals surface area contributed by atoms with E-state index in [0.717, 1.165) is 17.2 Å². The van der Waals surface area contributed by atoms with Gasteiger partial charge in [-0.25, -0.2) is 0 Å². The third-order valence-electron chi connectivity index (χ3n) is 2.64. The number of rotatable bonds is 9. The lowest BCUT2D eigenvalue weighted by Crippen LogP contribution is -2.09. The Kier molecular flexibility index (Phi) is 7.41. The first-order chi connectivity index (χ1) is 9.88. The molecule has 3 heteroatoms. The summed E-state index contributed by atoms with van der Waals surface area (Å²) < 4.78 is 17.5. The van der Waals surface area contributed by atoms with Gasteiger partial charge in [0.25, 0.3) is 0 Å². The average Bonchev–Trinajstić information content (AvgIpc) is 2.41. The van der Waals surface area contributed by atoms with Crippen molar-refractivity contribution < 1.29 is 14.2 Å². The number of benzene rings is 1. The normalized spacial score (nSPS) is 11.3. The van der Waals surface area contributed by atoms with E-state index < -0.39 is 0 Å². The van der Waals surface area contributed by atoms with Gasteiger partial charge in [0.05, 0.1) is 19.8 Å². The second-order valence-corrected chi connectivity index (χ2v) is 6.72. The third-order valence-corrected chi connectivity index (χ3v) is 2.64. The van der Waals surface area contributed by atoms with Crippen LogP contribution in [0.4, 0.5) is 0 Å². The van der Waals surface area contributed by atoms with Crippen molar-refractivity contribution in [2.75, 3.05) is 19.8 Å². The van der Waals surface area contributed by atoms with Gasteiger partial charge in [-0.05, 0) is 29.9 Å². The minimum Gasteiger partial charge on any atom is -0.493 e. The Morgan fingerprint density at radius 3 is 1.67 bits per heavy atom. The molecule has 1 aromatic carbocycles. The maximum atomic E-state index is 5.87. The van der Waals surface area contributed by atoms with E-state index in [1.165, 1.54) is 0 Å². The van der Waals surface area contributed by atoms with Gasteiger partial charge < -0.3 is 14.2 Å². The molecule has 1 aromatic rings. The lowest BCUT2D eigenvalue weighted by molar-refractivity contribution is 0.225. The molecule has 3 nitrogen and oxygen atoms in total. The van der Waals surface area contributed by atoms with Gasteiger partial charge in [0.15, 0.2) is 11.5 Å². The topological polar surface area (TPSA) is 27.7 Å². The van der Waals surface area contributed by atoms with Crippen LogP contribution in [0.15, 0.2) is 18.2 Å². The van der Waals surface area contributed by atoms with Crippen molar-refractivity contribution in [3.63, 3.8) is 0 Å². The summed E-state index contributed by atoms with van der Waals surface area (Å²) in [4.78, 5) is 0. The fourth-order valence-corrected chi connectivity index (χ4v) is 1.59. The maximum absolute atomic E-state index is 5.87. The lowest BCUT2D eigenvalue weighted by atomic mass is 10.2. The molecule has 0 aliphatic carbocycles. The first-order valence-corrected chi connectivity index (χ1v) is 7.91. The van der Waals surface area contributed by atoms with Crippen molar-refractivity contribution in [1.29, 1.82) is 0 Å². The van der Waals surface area contributed by atoms with Crippen molar-refractivity contribution in [3.8, 4) is 17.2 Å². The first kappa shape index (κ1) is 17.7. The molecule has 0 fully saturated rings. The predicted octanol–water partition coefficient (Wildman–Crippen LogP) is 4.79.